The molecule has 0 spiro atoms. The molecule has 106 valence electrons. The summed E-state index contributed by atoms with van der Waals surface area (Å²) in [5.41, 5.74) is 10.3. The number of hydrogen-bond acceptors (Lipinski definition) is 3. The molecule has 1 atom stereocenters. The molecule has 19 heavy (non-hydrogen) atoms. The standard InChI is InChI=1S/C16H26N2O/c1-12-7-13(2)9-14(8-12)15(17)10-18-5-6-19-11-16(18,3)4/h7-9,15H,5-6,10-11,17H2,1-4H3. The van der Waals surface area contributed by atoms with E-state index in [1.165, 1.54) is 16.7 Å². The van der Waals surface area contributed by atoms with E-state index in [2.05, 4.69) is 50.8 Å². The first-order chi connectivity index (χ1) is 8.88. The fourth-order valence-electron chi connectivity index (χ4n) is 2.80. The zero-order chi connectivity index (χ0) is 14.0. The first-order valence-electron chi connectivity index (χ1n) is 7.05. The molecule has 1 heterocycles. The molecule has 1 fully saturated rings. The third kappa shape index (κ3) is 3.56. The summed E-state index contributed by atoms with van der Waals surface area (Å²) in [6.07, 6.45) is 0. The maximum absolute atomic E-state index is 6.40. The molecular formula is C16H26N2O. The van der Waals surface area contributed by atoms with Crippen LogP contribution in [-0.4, -0.2) is 36.7 Å². The maximum Gasteiger partial charge on any atom is 0.0645 e. The van der Waals surface area contributed by atoms with Crippen LogP contribution < -0.4 is 5.73 Å². The molecule has 0 radical (unpaired) electrons. The van der Waals surface area contributed by atoms with Gasteiger partial charge in [-0.1, -0.05) is 29.3 Å². The number of nitrogens with zero attached hydrogens (tertiary/aromatic N) is 1. The van der Waals surface area contributed by atoms with Crippen LogP contribution in [0.4, 0.5) is 0 Å². The lowest BCUT2D eigenvalue weighted by Crippen LogP contribution is -2.54. The van der Waals surface area contributed by atoms with Crippen LogP contribution in [0.25, 0.3) is 0 Å². The van der Waals surface area contributed by atoms with Gasteiger partial charge in [0.2, 0.25) is 0 Å². The molecule has 0 saturated carbocycles. The van der Waals surface area contributed by atoms with Gasteiger partial charge >= 0.3 is 0 Å². The summed E-state index contributed by atoms with van der Waals surface area (Å²) in [4.78, 5) is 2.44. The molecule has 3 heteroatoms. The van der Waals surface area contributed by atoms with Crippen molar-refractivity contribution in [3.63, 3.8) is 0 Å². The van der Waals surface area contributed by atoms with Crippen molar-refractivity contribution < 1.29 is 4.74 Å². The zero-order valence-corrected chi connectivity index (χ0v) is 12.6. The fourth-order valence-corrected chi connectivity index (χ4v) is 2.80. The second-order valence-corrected chi connectivity index (χ2v) is 6.34. The first kappa shape index (κ1) is 14.5. The van der Waals surface area contributed by atoms with Crippen LogP contribution >= 0.6 is 0 Å². The summed E-state index contributed by atoms with van der Waals surface area (Å²) in [6.45, 7) is 12.1. The Kier molecular flexibility index (Phi) is 4.29. The Morgan fingerprint density at radius 3 is 2.47 bits per heavy atom. The quantitative estimate of drug-likeness (QED) is 0.909. The summed E-state index contributed by atoms with van der Waals surface area (Å²) in [5, 5.41) is 0. The number of ether oxygens (including phenoxy) is 1. The van der Waals surface area contributed by atoms with Crippen molar-refractivity contribution in [2.45, 2.75) is 39.3 Å². The highest BCUT2D eigenvalue weighted by molar-refractivity contribution is 5.30. The van der Waals surface area contributed by atoms with E-state index in [-0.39, 0.29) is 11.6 Å². The van der Waals surface area contributed by atoms with Crippen molar-refractivity contribution >= 4 is 0 Å². The molecule has 1 aliphatic rings. The Balaban J connectivity index is 2.09. The van der Waals surface area contributed by atoms with Crippen molar-refractivity contribution in [3.05, 3.63) is 34.9 Å². The van der Waals surface area contributed by atoms with Gasteiger partial charge in [0.25, 0.3) is 0 Å². The molecule has 0 amide bonds. The Bertz CT molecular complexity index is 422. The van der Waals surface area contributed by atoms with E-state index >= 15 is 0 Å². The van der Waals surface area contributed by atoms with Crippen LogP contribution in [0.1, 0.15) is 36.6 Å². The second-order valence-electron chi connectivity index (χ2n) is 6.34. The van der Waals surface area contributed by atoms with E-state index in [0.29, 0.717) is 0 Å². The number of nitrogens with two attached hydrogens (primary N) is 1. The van der Waals surface area contributed by atoms with Crippen molar-refractivity contribution in [2.24, 2.45) is 5.73 Å². The molecule has 0 aliphatic carbocycles. The van der Waals surface area contributed by atoms with Gasteiger partial charge in [-0.05, 0) is 33.3 Å². The molecular weight excluding hydrogens is 236 g/mol. The minimum atomic E-state index is 0.0657. The zero-order valence-electron chi connectivity index (χ0n) is 12.6. The number of morpholine rings is 1. The van der Waals surface area contributed by atoms with Gasteiger partial charge in [0.1, 0.15) is 0 Å². The van der Waals surface area contributed by atoms with E-state index in [1.54, 1.807) is 0 Å². The topological polar surface area (TPSA) is 38.5 Å². The summed E-state index contributed by atoms with van der Waals surface area (Å²) in [6, 6.07) is 6.65. The predicted molar refractivity (Wildman–Crippen MR) is 79.3 cm³/mol. The summed E-state index contributed by atoms with van der Waals surface area (Å²) < 4.78 is 5.56. The van der Waals surface area contributed by atoms with E-state index in [1.807, 2.05) is 0 Å². The van der Waals surface area contributed by atoms with Crippen molar-refractivity contribution in [1.29, 1.82) is 0 Å². The van der Waals surface area contributed by atoms with Crippen LogP contribution in [0.3, 0.4) is 0 Å². The van der Waals surface area contributed by atoms with E-state index in [4.69, 9.17) is 10.5 Å². The van der Waals surface area contributed by atoms with Crippen LogP contribution in [0.2, 0.25) is 0 Å². The van der Waals surface area contributed by atoms with E-state index in [9.17, 15) is 0 Å². The highest BCUT2D eigenvalue weighted by Crippen LogP contribution is 2.23. The fraction of sp³-hybridized carbons (Fsp3) is 0.625. The lowest BCUT2D eigenvalue weighted by Gasteiger charge is -2.43. The normalized spacial score (nSPS) is 21.3. The van der Waals surface area contributed by atoms with Crippen molar-refractivity contribution in [2.75, 3.05) is 26.3 Å². The summed E-state index contributed by atoms with van der Waals surface area (Å²) >= 11 is 0. The van der Waals surface area contributed by atoms with Gasteiger partial charge in [0, 0.05) is 24.7 Å². The smallest absolute Gasteiger partial charge is 0.0645 e. The predicted octanol–water partition coefficient (Wildman–Crippen LogP) is 2.41. The number of hydrogen-bond donors (Lipinski definition) is 1. The Morgan fingerprint density at radius 2 is 1.89 bits per heavy atom. The molecule has 0 bridgehead atoms. The van der Waals surface area contributed by atoms with Crippen LogP contribution in [0.15, 0.2) is 18.2 Å². The lowest BCUT2D eigenvalue weighted by atomic mass is 9.98. The molecule has 1 aliphatic heterocycles. The molecule has 1 unspecified atom stereocenters. The van der Waals surface area contributed by atoms with Gasteiger partial charge in [0.05, 0.1) is 13.2 Å². The Hall–Kier alpha value is -0.900. The molecule has 1 saturated heterocycles. The van der Waals surface area contributed by atoms with Gasteiger partial charge in [-0.2, -0.15) is 0 Å². The molecule has 0 aromatic heterocycles. The second kappa shape index (κ2) is 5.61. The number of aryl methyl sites for hydroxylation is 2. The molecule has 2 rings (SSSR count). The van der Waals surface area contributed by atoms with Gasteiger partial charge in [-0.3, -0.25) is 4.90 Å². The van der Waals surface area contributed by atoms with Gasteiger partial charge < -0.3 is 10.5 Å². The van der Waals surface area contributed by atoms with Gasteiger partial charge in [-0.15, -0.1) is 0 Å². The van der Waals surface area contributed by atoms with Crippen LogP contribution in [0.5, 0.6) is 0 Å². The Morgan fingerprint density at radius 1 is 1.26 bits per heavy atom. The molecule has 2 N–H and O–H groups in total. The third-order valence-electron chi connectivity index (χ3n) is 3.91. The van der Waals surface area contributed by atoms with Crippen LogP contribution in [-0.2, 0) is 4.74 Å². The maximum atomic E-state index is 6.40. The highest BCUT2D eigenvalue weighted by atomic mass is 16.5. The minimum absolute atomic E-state index is 0.0657. The average Bonchev–Trinajstić information content (AvgIpc) is 2.30. The molecule has 3 nitrogen and oxygen atoms in total. The highest BCUT2D eigenvalue weighted by Gasteiger charge is 2.31. The molecule has 1 aromatic rings. The number of rotatable bonds is 3. The van der Waals surface area contributed by atoms with Crippen LogP contribution in [0, 0.1) is 13.8 Å². The van der Waals surface area contributed by atoms with Gasteiger partial charge in [-0.25, -0.2) is 0 Å². The monoisotopic (exact) mass is 262 g/mol. The van der Waals surface area contributed by atoms with Crippen molar-refractivity contribution in [1.82, 2.24) is 4.90 Å². The average molecular weight is 262 g/mol. The van der Waals surface area contributed by atoms with Crippen molar-refractivity contribution in [3.8, 4) is 0 Å². The minimum Gasteiger partial charge on any atom is -0.378 e. The number of benzene rings is 1. The Labute approximate surface area is 116 Å². The SMILES string of the molecule is Cc1cc(C)cc(C(N)CN2CCOCC2(C)C)c1. The lowest BCUT2D eigenvalue weighted by molar-refractivity contribution is -0.0531. The largest absolute Gasteiger partial charge is 0.378 e. The van der Waals surface area contributed by atoms with Gasteiger partial charge in [0.15, 0.2) is 0 Å². The third-order valence-corrected chi connectivity index (χ3v) is 3.91. The summed E-state index contributed by atoms with van der Waals surface area (Å²) in [5.74, 6) is 0. The first-order valence-corrected chi connectivity index (χ1v) is 7.05. The van der Waals surface area contributed by atoms with E-state index < -0.39 is 0 Å². The summed E-state index contributed by atoms with van der Waals surface area (Å²) in [7, 11) is 0. The molecule has 1 aromatic carbocycles. The van der Waals surface area contributed by atoms with E-state index in [0.717, 1.165) is 26.3 Å².